The first-order valence-corrected chi connectivity index (χ1v) is 2.00. The largest absolute Gasteiger partial charge is 2.00 e. The molecule has 0 fully saturated rings. The van der Waals surface area contributed by atoms with E-state index in [0.29, 0.717) is 0 Å². The van der Waals surface area contributed by atoms with Gasteiger partial charge >= 0.3 is 23.9 Å². The predicted octanol–water partition coefficient (Wildman–Crippen LogP) is -1.24. The topological polar surface area (TPSA) is 84.6 Å². The SMILES string of the molecule is CCCC[O-].O.[OH-].[Sn+2]. The fourth-order valence-electron chi connectivity index (χ4n) is 0.144. The molecule has 0 heterocycles. The van der Waals surface area contributed by atoms with Crippen molar-refractivity contribution < 1.29 is 16.1 Å². The van der Waals surface area contributed by atoms with Crippen LogP contribution >= 0.6 is 0 Å². The molecule has 0 saturated carbocycles. The summed E-state index contributed by atoms with van der Waals surface area (Å²) in [7, 11) is 0. The maximum atomic E-state index is 9.53. The zero-order chi connectivity index (χ0) is 4.12. The van der Waals surface area contributed by atoms with Crippen molar-refractivity contribution in [3.8, 4) is 0 Å². The van der Waals surface area contributed by atoms with Crippen LogP contribution in [0.4, 0.5) is 0 Å². The quantitative estimate of drug-likeness (QED) is 0.552. The molecular formula is C4H12O3Sn. The Hall–Kier alpha value is 0.679. The predicted molar refractivity (Wildman–Crippen MR) is 31.1 cm³/mol. The van der Waals surface area contributed by atoms with Crippen LogP contribution in [0.2, 0.25) is 0 Å². The van der Waals surface area contributed by atoms with E-state index in [1.54, 1.807) is 0 Å². The maximum Gasteiger partial charge on any atom is 2.00 e. The minimum Gasteiger partial charge on any atom is -0.870 e. The second-order valence-electron chi connectivity index (χ2n) is 1.06. The second kappa shape index (κ2) is 25.3. The summed E-state index contributed by atoms with van der Waals surface area (Å²) in [4.78, 5) is 0. The average molecular weight is 227 g/mol. The van der Waals surface area contributed by atoms with E-state index in [4.69, 9.17) is 0 Å². The molecule has 50 valence electrons. The van der Waals surface area contributed by atoms with Crippen LogP contribution in [-0.4, -0.2) is 41.5 Å². The second-order valence-corrected chi connectivity index (χ2v) is 1.06. The third kappa shape index (κ3) is 30.0. The summed E-state index contributed by atoms with van der Waals surface area (Å²) in [6.07, 6.45) is 1.86. The Bertz CT molecular complexity index is 18.8. The summed E-state index contributed by atoms with van der Waals surface area (Å²) in [6.45, 7) is 2.11. The Kier molecular flexibility index (Phi) is 74.0. The molecule has 0 aliphatic carbocycles. The van der Waals surface area contributed by atoms with Crippen molar-refractivity contribution in [2.45, 2.75) is 19.8 Å². The van der Waals surface area contributed by atoms with Gasteiger partial charge in [-0.2, -0.15) is 0 Å². The van der Waals surface area contributed by atoms with E-state index in [2.05, 4.69) is 0 Å². The molecule has 0 amide bonds. The van der Waals surface area contributed by atoms with Gasteiger partial charge in [0.15, 0.2) is 0 Å². The number of rotatable bonds is 2. The van der Waals surface area contributed by atoms with Crippen LogP contribution in [-0.2, 0) is 0 Å². The zero-order valence-electron chi connectivity index (χ0n) is 4.98. The third-order valence-corrected chi connectivity index (χ3v) is 0.498. The Labute approximate surface area is 66.7 Å². The van der Waals surface area contributed by atoms with E-state index < -0.39 is 0 Å². The van der Waals surface area contributed by atoms with Crippen molar-refractivity contribution in [1.29, 1.82) is 0 Å². The molecule has 0 aliphatic rings. The Morgan fingerprint density at radius 2 is 1.75 bits per heavy atom. The maximum absolute atomic E-state index is 9.53. The van der Waals surface area contributed by atoms with Crippen molar-refractivity contribution in [2.75, 3.05) is 6.61 Å². The van der Waals surface area contributed by atoms with Crippen LogP contribution in [0.5, 0.6) is 0 Å². The summed E-state index contributed by atoms with van der Waals surface area (Å²) in [6, 6.07) is 0. The van der Waals surface area contributed by atoms with E-state index in [0.717, 1.165) is 12.8 Å². The average Bonchev–Trinajstić information content (AvgIpc) is 1.41. The van der Waals surface area contributed by atoms with Crippen LogP contribution in [0.25, 0.3) is 0 Å². The van der Waals surface area contributed by atoms with Crippen molar-refractivity contribution in [3.05, 3.63) is 0 Å². The Balaban J connectivity index is -0.0000000267. The van der Waals surface area contributed by atoms with E-state index >= 15 is 0 Å². The van der Waals surface area contributed by atoms with Gasteiger partial charge in [-0.3, -0.25) is 0 Å². The first-order valence-electron chi connectivity index (χ1n) is 2.00. The minimum atomic E-state index is 0. The standard InChI is InChI=1S/C4H9O.2H2O.Sn/c1-2-3-4-5;;;/h2-4H2,1H3;2*1H2;/q-1;;;+2/p-1. The molecular weight excluding hydrogens is 215 g/mol. The Morgan fingerprint density at radius 3 is 1.75 bits per heavy atom. The van der Waals surface area contributed by atoms with Gasteiger partial charge in [-0.05, 0) is 0 Å². The van der Waals surface area contributed by atoms with Crippen LogP contribution in [0, 0.1) is 0 Å². The van der Waals surface area contributed by atoms with Gasteiger partial charge in [0.2, 0.25) is 0 Å². The summed E-state index contributed by atoms with van der Waals surface area (Å²) < 4.78 is 0. The van der Waals surface area contributed by atoms with E-state index in [-0.39, 0.29) is 41.5 Å². The molecule has 0 spiro atoms. The van der Waals surface area contributed by atoms with E-state index in [1.165, 1.54) is 0 Å². The number of unbranched alkanes of at least 4 members (excludes halogenated alkanes) is 1. The van der Waals surface area contributed by atoms with Gasteiger partial charge in [0.1, 0.15) is 0 Å². The zero-order valence-corrected chi connectivity index (χ0v) is 7.83. The molecule has 2 radical (unpaired) electrons. The summed E-state index contributed by atoms with van der Waals surface area (Å²) in [5.41, 5.74) is 0. The van der Waals surface area contributed by atoms with Gasteiger partial charge in [0.25, 0.3) is 0 Å². The number of hydrogen-bond donors (Lipinski definition) is 0. The van der Waals surface area contributed by atoms with E-state index in [9.17, 15) is 5.11 Å². The van der Waals surface area contributed by atoms with Crippen molar-refractivity contribution in [1.82, 2.24) is 0 Å². The van der Waals surface area contributed by atoms with Gasteiger partial charge in [0, 0.05) is 0 Å². The molecule has 0 aromatic carbocycles. The molecule has 0 aromatic rings. The molecule has 0 saturated heterocycles. The van der Waals surface area contributed by atoms with E-state index in [1.807, 2.05) is 6.92 Å². The molecule has 0 atom stereocenters. The summed E-state index contributed by atoms with van der Waals surface area (Å²) in [5.74, 6) is 0. The first-order chi connectivity index (χ1) is 2.41. The fraction of sp³-hybridized carbons (Fsp3) is 1.00. The van der Waals surface area contributed by atoms with Crippen molar-refractivity contribution in [3.63, 3.8) is 0 Å². The van der Waals surface area contributed by atoms with Gasteiger partial charge < -0.3 is 16.1 Å². The normalized spacial score (nSPS) is 5.25. The van der Waals surface area contributed by atoms with Gasteiger partial charge in [-0.15, -0.1) is 6.61 Å². The van der Waals surface area contributed by atoms with Crippen LogP contribution < -0.4 is 5.11 Å². The molecule has 0 rings (SSSR count). The van der Waals surface area contributed by atoms with Crippen LogP contribution in [0.1, 0.15) is 19.8 Å². The monoisotopic (exact) mass is 228 g/mol. The van der Waals surface area contributed by atoms with Crippen molar-refractivity contribution >= 4 is 23.9 Å². The van der Waals surface area contributed by atoms with Crippen molar-refractivity contribution in [2.24, 2.45) is 0 Å². The van der Waals surface area contributed by atoms with Gasteiger partial charge in [-0.1, -0.05) is 19.8 Å². The molecule has 0 unspecified atom stereocenters. The van der Waals surface area contributed by atoms with Gasteiger partial charge in [0.05, 0.1) is 0 Å². The third-order valence-electron chi connectivity index (χ3n) is 0.498. The molecule has 0 aromatic heterocycles. The fourth-order valence-corrected chi connectivity index (χ4v) is 0.144. The van der Waals surface area contributed by atoms with Crippen LogP contribution in [0.15, 0.2) is 0 Å². The van der Waals surface area contributed by atoms with Crippen LogP contribution in [0.3, 0.4) is 0 Å². The molecule has 3 nitrogen and oxygen atoms in total. The molecule has 8 heavy (non-hydrogen) atoms. The molecule has 4 heteroatoms. The smallest absolute Gasteiger partial charge is 0.870 e. The molecule has 0 bridgehead atoms. The molecule has 3 N–H and O–H groups in total. The van der Waals surface area contributed by atoms with Gasteiger partial charge in [-0.25, -0.2) is 0 Å². The summed E-state index contributed by atoms with van der Waals surface area (Å²) in [5, 5.41) is 9.53. The molecule has 0 aliphatic heterocycles. The Morgan fingerprint density at radius 1 is 1.38 bits per heavy atom. The number of hydrogen-bond acceptors (Lipinski definition) is 2. The summed E-state index contributed by atoms with van der Waals surface area (Å²) >= 11 is 0. The first kappa shape index (κ1) is 23.4. The minimum absolute atomic E-state index is 0.